The van der Waals surface area contributed by atoms with E-state index in [0.29, 0.717) is 10.7 Å². The number of likely N-dealkylation sites (tertiary alicyclic amines) is 1. The summed E-state index contributed by atoms with van der Waals surface area (Å²) in [5.74, 6) is 0.708. The predicted molar refractivity (Wildman–Crippen MR) is 46.9 cm³/mol. The highest BCUT2D eigenvalue weighted by Crippen LogP contribution is 2.16. The van der Waals surface area contributed by atoms with Crippen molar-refractivity contribution in [1.29, 1.82) is 5.41 Å². The van der Waals surface area contributed by atoms with E-state index in [4.69, 9.17) is 5.41 Å². The van der Waals surface area contributed by atoms with Crippen LogP contribution in [0.15, 0.2) is 0 Å². The van der Waals surface area contributed by atoms with Crippen LogP contribution in [0.1, 0.15) is 19.8 Å². The van der Waals surface area contributed by atoms with Gasteiger partial charge in [-0.05, 0) is 19.8 Å². The molecule has 1 heterocycles. The fraction of sp³-hybridized carbons (Fsp3) is 0.857. The Labute approximate surface area is 70.2 Å². The van der Waals surface area contributed by atoms with E-state index in [1.807, 2.05) is 6.92 Å². The fourth-order valence-electron chi connectivity index (χ4n) is 1.18. The van der Waals surface area contributed by atoms with Gasteiger partial charge in [-0.25, -0.2) is 0 Å². The third-order valence-electron chi connectivity index (χ3n) is 1.90. The van der Waals surface area contributed by atoms with Crippen LogP contribution in [-0.2, 0) is 0 Å². The molecular formula is C7H13BrN2. The standard InChI is InChI=1S/C7H13BrN2/c1-6(9)10-4-2-7(8)3-5-10/h7,9H,2-5H2,1H3. The smallest absolute Gasteiger partial charge is 0.0925 e. The summed E-state index contributed by atoms with van der Waals surface area (Å²) in [5, 5.41) is 7.37. The maximum atomic E-state index is 7.37. The molecule has 0 aromatic rings. The summed E-state index contributed by atoms with van der Waals surface area (Å²) in [6.07, 6.45) is 2.35. The number of hydrogen-bond donors (Lipinski definition) is 1. The van der Waals surface area contributed by atoms with Crippen LogP contribution in [0, 0.1) is 5.41 Å². The quantitative estimate of drug-likeness (QED) is 0.364. The molecule has 0 aliphatic carbocycles. The molecule has 3 heteroatoms. The predicted octanol–water partition coefficient (Wildman–Crippen LogP) is 1.84. The van der Waals surface area contributed by atoms with Gasteiger partial charge in [0, 0.05) is 17.9 Å². The van der Waals surface area contributed by atoms with Gasteiger partial charge < -0.3 is 4.90 Å². The van der Waals surface area contributed by atoms with Crippen molar-refractivity contribution in [2.24, 2.45) is 0 Å². The molecule has 0 aromatic heterocycles. The molecule has 1 saturated heterocycles. The zero-order chi connectivity index (χ0) is 7.56. The highest BCUT2D eigenvalue weighted by atomic mass is 79.9. The first-order chi connectivity index (χ1) is 4.70. The number of nitrogens with zero attached hydrogens (tertiary/aromatic N) is 1. The van der Waals surface area contributed by atoms with Crippen LogP contribution in [0.3, 0.4) is 0 Å². The van der Waals surface area contributed by atoms with Crippen molar-refractivity contribution in [3.8, 4) is 0 Å². The minimum absolute atomic E-state index is 0.683. The first kappa shape index (κ1) is 8.05. The van der Waals surface area contributed by atoms with Gasteiger partial charge in [0.2, 0.25) is 0 Å². The molecule has 1 aliphatic heterocycles. The van der Waals surface area contributed by atoms with Gasteiger partial charge in [-0.1, -0.05) is 15.9 Å². The maximum Gasteiger partial charge on any atom is 0.0925 e. The lowest BCUT2D eigenvalue weighted by Gasteiger charge is -2.30. The summed E-state index contributed by atoms with van der Waals surface area (Å²) < 4.78 is 0. The monoisotopic (exact) mass is 204 g/mol. The molecule has 0 spiro atoms. The van der Waals surface area contributed by atoms with Gasteiger partial charge in [-0.2, -0.15) is 0 Å². The summed E-state index contributed by atoms with van der Waals surface area (Å²) in [6, 6.07) is 0. The number of halogens is 1. The highest BCUT2D eigenvalue weighted by Gasteiger charge is 2.16. The van der Waals surface area contributed by atoms with Crippen LogP contribution < -0.4 is 0 Å². The van der Waals surface area contributed by atoms with Crippen molar-refractivity contribution in [3.05, 3.63) is 0 Å². The number of amidine groups is 1. The normalized spacial score (nSPS) is 21.2. The Kier molecular flexibility index (Phi) is 2.72. The van der Waals surface area contributed by atoms with Crippen molar-refractivity contribution >= 4 is 21.8 Å². The number of piperidine rings is 1. The molecule has 0 bridgehead atoms. The Morgan fingerprint density at radius 2 is 2.00 bits per heavy atom. The second kappa shape index (κ2) is 3.37. The second-order valence-corrected chi connectivity index (χ2v) is 4.04. The molecule has 58 valence electrons. The van der Waals surface area contributed by atoms with E-state index in [-0.39, 0.29) is 0 Å². The second-order valence-electron chi connectivity index (χ2n) is 2.75. The number of nitrogens with one attached hydrogen (secondary N) is 1. The maximum absolute atomic E-state index is 7.37. The average molecular weight is 205 g/mol. The number of rotatable bonds is 0. The Hall–Kier alpha value is -0.0500. The molecule has 10 heavy (non-hydrogen) atoms. The first-order valence-electron chi connectivity index (χ1n) is 3.64. The zero-order valence-electron chi connectivity index (χ0n) is 6.23. The molecule has 0 unspecified atom stereocenters. The van der Waals surface area contributed by atoms with E-state index in [1.165, 1.54) is 12.8 Å². The Balaban J connectivity index is 2.33. The van der Waals surface area contributed by atoms with Gasteiger partial charge in [0.05, 0.1) is 5.84 Å². The molecule has 1 N–H and O–H groups in total. The number of hydrogen-bond acceptors (Lipinski definition) is 1. The van der Waals surface area contributed by atoms with Gasteiger partial charge >= 0.3 is 0 Å². The summed E-state index contributed by atoms with van der Waals surface area (Å²) >= 11 is 3.57. The van der Waals surface area contributed by atoms with Crippen LogP contribution >= 0.6 is 15.9 Å². The lowest BCUT2D eigenvalue weighted by Crippen LogP contribution is -2.36. The average Bonchev–Trinajstić information content (AvgIpc) is 1.88. The van der Waals surface area contributed by atoms with E-state index in [9.17, 15) is 0 Å². The van der Waals surface area contributed by atoms with E-state index < -0.39 is 0 Å². The third-order valence-corrected chi connectivity index (χ3v) is 2.81. The van der Waals surface area contributed by atoms with Gasteiger partial charge in [-0.3, -0.25) is 5.41 Å². The van der Waals surface area contributed by atoms with Crippen LogP contribution in [0.5, 0.6) is 0 Å². The van der Waals surface area contributed by atoms with Crippen LogP contribution in [0.25, 0.3) is 0 Å². The molecule has 1 aliphatic rings. The third kappa shape index (κ3) is 1.97. The Morgan fingerprint density at radius 1 is 1.50 bits per heavy atom. The summed E-state index contributed by atoms with van der Waals surface area (Å²) in [6.45, 7) is 3.95. The largest absolute Gasteiger partial charge is 0.361 e. The van der Waals surface area contributed by atoms with E-state index >= 15 is 0 Å². The van der Waals surface area contributed by atoms with Crippen LogP contribution in [-0.4, -0.2) is 28.7 Å². The molecule has 0 amide bonds. The van der Waals surface area contributed by atoms with E-state index in [0.717, 1.165) is 13.1 Å². The van der Waals surface area contributed by atoms with Gasteiger partial charge in [-0.15, -0.1) is 0 Å². The zero-order valence-corrected chi connectivity index (χ0v) is 7.82. The molecule has 0 aromatic carbocycles. The Bertz CT molecular complexity index is 128. The molecule has 1 fully saturated rings. The summed E-state index contributed by atoms with van der Waals surface area (Å²) in [5.41, 5.74) is 0. The molecular weight excluding hydrogens is 192 g/mol. The van der Waals surface area contributed by atoms with Crippen molar-refractivity contribution in [2.45, 2.75) is 24.6 Å². The SMILES string of the molecule is CC(=N)N1CCC(Br)CC1. The van der Waals surface area contributed by atoms with E-state index in [2.05, 4.69) is 20.8 Å². The van der Waals surface area contributed by atoms with Gasteiger partial charge in [0.1, 0.15) is 0 Å². The van der Waals surface area contributed by atoms with Crippen molar-refractivity contribution < 1.29 is 0 Å². The summed E-state index contributed by atoms with van der Waals surface area (Å²) in [7, 11) is 0. The highest BCUT2D eigenvalue weighted by molar-refractivity contribution is 9.09. The molecule has 0 atom stereocenters. The van der Waals surface area contributed by atoms with Gasteiger partial charge in [0.15, 0.2) is 0 Å². The first-order valence-corrected chi connectivity index (χ1v) is 4.56. The van der Waals surface area contributed by atoms with Crippen LogP contribution in [0.4, 0.5) is 0 Å². The van der Waals surface area contributed by atoms with Gasteiger partial charge in [0.25, 0.3) is 0 Å². The molecule has 0 saturated carbocycles. The van der Waals surface area contributed by atoms with E-state index in [1.54, 1.807) is 0 Å². The Morgan fingerprint density at radius 3 is 2.40 bits per heavy atom. The van der Waals surface area contributed by atoms with Crippen molar-refractivity contribution in [1.82, 2.24) is 4.90 Å². The lowest BCUT2D eigenvalue weighted by molar-refractivity contribution is 0.347. The van der Waals surface area contributed by atoms with Crippen molar-refractivity contribution in [2.75, 3.05) is 13.1 Å². The summed E-state index contributed by atoms with van der Waals surface area (Å²) in [4.78, 5) is 2.81. The lowest BCUT2D eigenvalue weighted by atomic mass is 10.1. The molecule has 2 nitrogen and oxygen atoms in total. The van der Waals surface area contributed by atoms with Crippen molar-refractivity contribution in [3.63, 3.8) is 0 Å². The molecule has 0 radical (unpaired) electrons. The molecule has 1 rings (SSSR count). The number of alkyl halides is 1. The fourth-order valence-corrected chi connectivity index (χ4v) is 1.59. The topological polar surface area (TPSA) is 27.1 Å². The minimum Gasteiger partial charge on any atom is -0.361 e. The van der Waals surface area contributed by atoms with Crippen LogP contribution in [0.2, 0.25) is 0 Å². The minimum atomic E-state index is 0.683.